The standard InChI is InChI=1S/C17H18N2OS2/c1-10(2)21-14-7-5-13(6-8-14)16(20)19-17-15(9-18)11(3)12(4)22-17/h5-8,10H,1-4H3,(H,19,20). The maximum absolute atomic E-state index is 12.3. The number of rotatable bonds is 4. The van der Waals surface area contributed by atoms with Crippen molar-refractivity contribution in [3.8, 4) is 6.07 Å². The Labute approximate surface area is 139 Å². The van der Waals surface area contributed by atoms with Gasteiger partial charge in [-0.3, -0.25) is 4.79 Å². The van der Waals surface area contributed by atoms with Crippen molar-refractivity contribution in [2.45, 2.75) is 37.8 Å². The van der Waals surface area contributed by atoms with Crippen molar-refractivity contribution in [3.05, 3.63) is 45.8 Å². The van der Waals surface area contributed by atoms with Crippen molar-refractivity contribution in [1.29, 1.82) is 5.26 Å². The molecule has 2 aromatic rings. The first-order valence-electron chi connectivity index (χ1n) is 7.00. The van der Waals surface area contributed by atoms with Gasteiger partial charge in [-0.05, 0) is 43.7 Å². The molecule has 0 fully saturated rings. The average molecular weight is 330 g/mol. The summed E-state index contributed by atoms with van der Waals surface area (Å²) in [6.07, 6.45) is 0. The van der Waals surface area contributed by atoms with Crippen molar-refractivity contribution in [2.24, 2.45) is 0 Å². The minimum atomic E-state index is -0.182. The molecule has 0 aliphatic rings. The lowest BCUT2D eigenvalue weighted by Crippen LogP contribution is -2.11. The fourth-order valence-electron chi connectivity index (χ4n) is 1.98. The molecule has 1 aromatic heterocycles. The average Bonchev–Trinajstić information content (AvgIpc) is 2.73. The topological polar surface area (TPSA) is 52.9 Å². The summed E-state index contributed by atoms with van der Waals surface area (Å²) in [4.78, 5) is 14.5. The number of carbonyl (C=O) groups excluding carboxylic acids is 1. The summed E-state index contributed by atoms with van der Waals surface area (Å²) < 4.78 is 0. The highest BCUT2D eigenvalue weighted by Gasteiger charge is 2.15. The second kappa shape index (κ2) is 6.99. The van der Waals surface area contributed by atoms with Crippen LogP contribution in [0.1, 0.15) is 40.2 Å². The summed E-state index contributed by atoms with van der Waals surface area (Å²) in [5.41, 5.74) is 2.09. The number of hydrogen-bond acceptors (Lipinski definition) is 4. The monoisotopic (exact) mass is 330 g/mol. The van der Waals surface area contributed by atoms with Gasteiger partial charge in [0.2, 0.25) is 0 Å². The van der Waals surface area contributed by atoms with Crippen molar-refractivity contribution >= 4 is 34.0 Å². The number of thioether (sulfide) groups is 1. The fourth-order valence-corrected chi connectivity index (χ4v) is 3.83. The third-order valence-corrected chi connectivity index (χ3v) is 5.35. The molecule has 0 radical (unpaired) electrons. The first-order chi connectivity index (χ1) is 10.4. The molecule has 0 saturated carbocycles. The van der Waals surface area contributed by atoms with Gasteiger partial charge < -0.3 is 5.32 Å². The highest BCUT2D eigenvalue weighted by molar-refractivity contribution is 7.99. The van der Waals surface area contributed by atoms with Crippen LogP contribution >= 0.6 is 23.1 Å². The van der Waals surface area contributed by atoms with Crippen LogP contribution in [0.4, 0.5) is 5.00 Å². The fraction of sp³-hybridized carbons (Fsp3) is 0.294. The number of thiophene rings is 1. The van der Waals surface area contributed by atoms with Crippen LogP contribution in [0.3, 0.4) is 0 Å². The molecular weight excluding hydrogens is 312 g/mol. The first kappa shape index (κ1) is 16.6. The number of nitrogens with zero attached hydrogens (tertiary/aromatic N) is 1. The van der Waals surface area contributed by atoms with Gasteiger partial charge in [0.15, 0.2) is 0 Å². The summed E-state index contributed by atoms with van der Waals surface area (Å²) in [6.45, 7) is 8.12. The second-order valence-corrected chi connectivity index (χ2v) is 8.12. The van der Waals surface area contributed by atoms with Crippen LogP contribution < -0.4 is 5.32 Å². The van der Waals surface area contributed by atoms with E-state index in [4.69, 9.17) is 0 Å². The van der Waals surface area contributed by atoms with Crippen LogP contribution in [0.15, 0.2) is 29.2 Å². The van der Waals surface area contributed by atoms with Gasteiger partial charge in [-0.1, -0.05) is 13.8 Å². The Morgan fingerprint density at radius 1 is 1.27 bits per heavy atom. The van der Waals surface area contributed by atoms with E-state index in [9.17, 15) is 10.1 Å². The molecule has 114 valence electrons. The number of hydrogen-bond donors (Lipinski definition) is 1. The molecule has 0 aliphatic heterocycles. The number of amides is 1. The van der Waals surface area contributed by atoms with Crippen LogP contribution in [0.2, 0.25) is 0 Å². The van der Waals surface area contributed by atoms with Gasteiger partial charge in [0, 0.05) is 20.6 Å². The van der Waals surface area contributed by atoms with Crippen molar-refractivity contribution < 1.29 is 4.79 Å². The highest BCUT2D eigenvalue weighted by atomic mass is 32.2. The quantitative estimate of drug-likeness (QED) is 0.804. The second-order valence-electron chi connectivity index (χ2n) is 5.24. The van der Waals surface area contributed by atoms with Crippen molar-refractivity contribution in [2.75, 3.05) is 5.32 Å². The van der Waals surface area contributed by atoms with E-state index in [0.717, 1.165) is 15.3 Å². The number of aryl methyl sites for hydroxylation is 1. The van der Waals surface area contributed by atoms with Gasteiger partial charge in [0.1, 0.15) is 11.1 Å². The molecule has 0 aliphatic carbocycles. The third kappa shape index (κ3) is 3.70. The predicted molar refractivity (Wildman–Crippen MR) is 93.9 cm³/mol. The lowest BCUT2D eigenvalue weighted by molar-refractivity contribution is 0.102. The molecule has 0 unspecified atom stereocenters. The van der Waals surface area contributed by atoms with Crippen LogP contribution in [-0.2, 0) is 0 Å². The van der Waals surface area contributed by atoms with E-state index in [1.807, 2.05) is 38.1 Å². The summed E-state index contributed by atoms with van der Waals surface area (Å²) in [5.74, 6) is -0.182. The van der Waals surface area contributed by atoms with E-state index in [-0.39, 0.29) is 5.91 Å². The van der Waals surface area contributed by atoms with Crippen LogP contribution in [-0.4, -0.2) is 11.2 Å². The molecule has 22 heavy (non-hydrogen) atoms. The molecule has 1 amide bonds. The van der Waals surface area contributed by atoms with E-state index in [0.29, 0.717) is 21.4 Å². The molecular formula is C17H18N2OS2. The van der Waals surface area contributed by atoms with Crippen molar-refractivity contribution in [1.82, 2.24) is 0 Å². The highest BCUT2D eigenvalue weighted by Crippen LogP contribution is 2.32. The van der Waals surface area contributed by atoms with Crippen LogP contribution in [0, 0.1) is 25.2 Å². The number of benzene rings is 1. The molecule has 1 aromatic carbocycles. The Morgan fingerprint density at radius 3 is 2.45 bits per heavy atom. The minimum Gasteiger partial charge on any atom is -0.312 e. The molecule has 0 atom stereocenters. The predicted octanol–water partition coefficient (Wildman–Crippen LogP) is 4.99. The molecule has 2 rings (SSSR count). The molecule has 3 nitrogen and oxygen atoms in total. The SMILES string of the molecule is Cc1sc(NC(=O)c2ccc(SC(C)C)cc2)c(C#N)c1C. The van der Waals surface area contributed by atoms with Crippen LogP contribution in [0.25, 0.3) is 0 Å². The molecule has 1 N–H and O–H groups in total. The molecule has 5 heteroatoms. The Balaban J connectivity index is 2.16. The maximum Gasteiger partial charge on any atom is 0.256 e. The minimum absolute atomic E-state index is 0.182. The summed E-state index contributed by atoms with van der Waals surface area (Å²) in [5, 5.41) is 13.2. The Hall–Kier alpha value is -1.77. The van der Waals surface area contributed by atoms with Gasteiger partial charge in [0.05, 0.1) is 5.56 Å². The molecule has 0 saturated heterocycles. The van der Waals surface area contributed by atoms with Crippen molar-refractivity contribution in [3.63, 3.8) is 0 Å². The summed E-state index contributed by atoms with van der Waals surface area (Å²) in [7, 11) is 0. The van der Waals surface area contributed by atoms with E-state index in [1.54, 1.807) is 11.8 Å². The van der Waals surface area contributed by atoms with E-state index in [2.05, 4.69) is 25.2 Å². The number of carbonyl (C=O) groups is 1. The van der Waals surface area contributed by atoms with Gasteiger partial charge >= 0.3 is 0 Å². The van der Waals surface area contributed by atoms with Gasteiger partial charge in [0.25, 0.3) is 5.91 Å². The van der Waals surface area contributed by atoms with E-state index in [1.165, 1.54) is 11.3 Å². The zero-order valence-electron chi connectivity index (χ0n) is 13.1. The summed E-state index contributed by atoms with van der Waals surface area (Å²) >= 11 is 3.20. The van der Waals surface area contributed by atoms with Gasteiger partial charge in [-0.2, -0.15) is 5.26 Å². The van der Waals surface area contributed by atoms with E-state index < -0.39 is 0 Å². The molecule has 0 spiro atoms. The molecule has 1 heterocycles. The lowest BCUT2D eigenvalue weighted by Gasteiger charge is -2.07. The zero-order valence-corrected chi connectivity index (χ0v) is 14.7. The third-order valence-electron chi connectivity index (χ3n) is 3.21. The van der Waals surface area contributed by atoms with E-state index >= 15 is 0 Å². The lowest BCUT2D eigenvalue weighted by atomic mass is 10.2. The van der Waals surface area contributed by atoms with Gasteiger partial charge in [-0.15, -0.1) is 23.1 Å². The molecule has 0 bridgehead atoms. The largest absolute Gasteiger partial charge is 0.312 e. The number of nitriles is 1. The first-order valence-corrected chi connectivity index (χ1v) is 8.70. The van der Waals surface area contributed by atoms with Crippen LogP contribution in [0.5, 0.6) is 0 Å². The van der Waals surface area contributed by atoms with Gasteiger partial charge in [-0.25, -0.2) is 0 Å². The zero-order chi connectivity index (χ0) is 16.3. The summed E-state index contributed by atoms with van der Waals surface area (Å²) in [6, 6.07) is 9.71. The number of nitrogens with one attached hydrogen (secondary N) is 1. The Morgan fingerprint density at radius 2 is 1.91 bits per heavy atom. The normalized spacial score (nSPS) is 10.5. The smallest absolute Gasteiger partial charge is 0.256 e. The Bertz CT molecular complexity index is 724. The Kier molecular flexibility index (Phi) is 5.28. The maximum atomic E-state index is 12.3. The number of anilines is 1.